The van der Waals surface area contributed by atoms with Crippen molar-refractivity contribution in [1.82, 2.24) is 4.90 Å². The van der Waals surface area contributed by atoms with Crippen LogP contribution >= 0.6 is 11.6 Å². The van der Waals surface area contributed by atoms with Gasteiger partial charge < -0.3 is 4.90 Å². The van der Waals surface area contributed by atoms with Crippen LogP contribution in [0.5, 0.6) is 0 Å². The van der Waals surface area contributed by atoms with E-state index in [0.29, 0.717) is 25.9 Å². The first kappa shape index (κ1) is 21.7. The quantitative estimate of drug-likeness (QED) is 0.763. The number of amides is 1. The maximum absolute atomic E-state index is 13.8. The summed E-state index contributed by atoms with van der Waals surface area (Å²) in [5.74, 6) is -0.590. The van der Waals surface area contributed by atoms with Crippen molar-refractivity contribution in [3.05, 3.63) is 64.4 Å². The van der Waals surface area contributed by atoms with Crippen LogP contribution in [0.3, 0.4) is 0 Å². The highest BCUT2D eigenvalue weighted by atomic mass is 35.5. The van der Waals surface area contributed by atoms with Crippen molar-refractivity contribution in [2.75, 3.05) is 13.1 Å². The third kappa shape index (κ3) is 4.63. The first-order valence-corrected chi connectivity index (χ1v) is 11.5. The Labute approximate surface area is 175 Å². The molecule has 0 bridgehead atoms. The summed E-state index contributed by atoms with van der Waals surface area (Å²) in [5, 5.41) is 5.35. The maximum atomic E-state index is 13.8. The summed E-state index contributed by atoms with van der Waals surface area (Å²) < 4.78 is 37.0. The lowest BCUT2D eigenvalue weighted by Gasteiger charge is -2.42. The fraction of sp³-hybridized carbons (Fsp3) is 0.381. The number of nitrogens with zero attached hydrogens (tertiary/aromatic N) is 1. The number of benzene rings is 2. The molecule has 1 saturated heterocycles. The number of sulfonamides is 1. The topological polar surface area (TPSA) is 80.5 Å². The van der Waals surface area contributed by atoms with Gasteiger partial charge in [0.05, 0.1) is 15.5 Å². The smallest absolute Gasteiger partial charge is 0.255 e. The second kappa shape index (κ2) is 8.42. The van der Waals surface area contributed by atoms with Crippen LogP contribution in [0.15, 0.2) is 47.4 Å². The van der Waals surface area contributed by atoms with Crippen LogP contribution in [-0.4, -0.2) is 32.3 Å². The number of carbonyl (C=O) groups excluding carboxylic acids is 1. The van der Waals surface area contributed by atoms with E-state index in [1.165, 1.54) is 24.3 Å². The molecule has 0 saturated carbocycles. The molecule has 0 aliphatic carbocycles. The van der Waals surface area contributed by atoms with E-state index in [1.54, 1.807) is 17.0 Å². The molecule has 1 aliphatic rings. The Balaban J connectivity index is 1.83. The lowest BCUT2D eigenvalue weighted by molar-refractivity contribution is 0.0658. The average Bonchev–Trinajstić information content (AvgIpc) is 2.68. The van der Waals surface area contributed by atoms with Gasteiger partial charge in [0.2, 0.25) is 10.0 Å². The number of nitrogens with two attached hydrogens (primary N) is 1. The molecule has 0 unspecified atom stereocenters. The molecule has 2 N–H and O–H groups in total. The molecule has 5 nitrogen and oxygen atoms in total. The van der Waals surface area contributed by atoms with Crippen LogP contribution in [0, 0.1) is 5.82 Å². The Hall–Kier alpha value is -1.96. The minimum atomic E-state index is -3.94. The van der Waals surface area contributed by atoms with E-state index < -0.39 is 10.0 Å². The summed E-state index contributed by atoms with van der Waals surface area (Å²) in [6, 6.07) is 10.6. The minimum Gasteiger partial charge on any atom is -0.339 e. The van der Waals surface area contributed by atoms with Gasteiger partial charge in [-0.25, -0.2) is 17.9 Å². The van der Waals surface area contributed by atoms with Gasteiger partial charge in [-0.1, -0.05) is 37.1 Å². The summed E-state index contributed by atoms with van der Waals surface area (Å²) in [6.45, 7) is 3.05. The van der Waals surface area contributed by atoms with Crippen molar-refractivity contribution in [3.8, 4) is 0 Å². The Morgan fingerprint density at radius 1 is 1.21 bits per heavy atom. The Kier molecular flexibility index (Phi) is 6.31. The zero-order valence-electron chi connectivity index (χ0n) is 16.2. The summed E-state index contributed by atoms with van der Waals surface area (Å²) >= 11 is 6.15. The molecule has 1 aliphatic heterocycles. The van der Waals surface area contributed by atoms with Gasteiger partial charge in [-0.05, 0) is 60.6 Å². The molecule has 1 heterocycles. The number of piperidine rings is 1. The summed E-state index contributed by atoms with van der Waals surface area (Å²) in [6.07, 6.45) is 3.25. The van der Waals surface area contributed by atoms with E-state index in [9.17, 15) is 17.6 Å². The van der Waals surface area contributed by atoms with Gasteiger partial charge in [-0.2, -0.15) is 0 Å². The number of rotatable bonds is 5. The third-order valence-electron chi connectivity index (χ3n) is 5.67. The van der Waals surface area contributed by atoms with Crippen molar-refractivity contribution in [3.63, 3.8) is 0 Å². The van der Waals surface area contributed by atoms with Crippen molar-refractivity contribution in [2.45, 2.75) is 42.9 Å². The van der Waals surface area contributed by atoms with Crippen molar-refractivity contribution in [1.29, 1.82) is 0 Å². The van der Waals surface area contributed by atoms with Gasteiger partial charge in [0.15, 0.2) is 0 Å². The highest BCUT2D eigenvalue weighted by Crippen LogP contribution is 2.40. The van der Waals surface area contributed by atoms with Gasteiger partial charge in [-0.3, -0.25) is 4.79 Å². The predicted molar refractivity (Wildman–Crippen MR) is 111 cm³/mol. The predicted octanol–water partition coefficient (Wildman–Crippen LogP) is 4.10. The number of likely N-dealkylation sites (tertiary alicyclic amines) is 1. The molecule has 29 heavy (non-hydrogen) atoms. The van der Waals surface area contributed by atoms with Gasteiger partial charge in [-0.15, -0.1) is 0 Å². The number of primary sulfonamides is 1. The highest BCUT2D eigenvalue weighted by molar-refractivity contribution is 7.89. The van der Waals surface area contributed by atoms with Crippen LogP contribution in [0.1, 0.15) is 48.5 Å². The second-order valence-electron chi connectivity index (χ2n) is 7.52. The van der Waals surface area contributed by atoms with Crippen LogP contribution in [0.2, 0.25) is 5.02 Å². The molecule has 3 rings (SSSR count). The maximum Gasteiger partial charge on any atom is 0.255 e. The van der Waals surface area contributed by atoms with Gasteiger partial charge in [0.1, 0.15) is 5.82 Å². The number of carbonyl (C=O) groups is 1. The molecule has 1 fully saturated rings. The number of hydrogen-bond acceptors (Lipinski definition) is 3. The standard InChI is InChI=1S/C21H24ClFN2O3S/c1-2-8-21(15-4-3-5-16(23)13-15)9-11-25(12-10-21)20(26)18-14-17(29(24,27)28)6-7-19(18)22/h3-7,13-14H,2,8-12H2,1H3,(H2,24,27,28). The summed E-state index contributed by atoms with van der Waals surface area (Å²) in [7, 11) is -3.94. The van der Waals surface area contributed by atoms with Crippen molar-refractivity contribution >= 4 is 27.5 Å². The first-order chi connectivity index (χ1) is 13.7. The molecule has 2 aromatic rings. The SMILES string of the molecule is CCCC1(c2cccc(F)c2)CCN(C(=O)c2cc(S(N)(=O)=O)ccc2Cl)CC1. The molecular weight excluding hydrogens is 415 g/mol. The molecule has 8 heteroatoms. The second-order valence-corrected chi connectivity index (χ2v) is 9.49. The van der Waals surface area contributed by atoms with E-state index in [-0.39, 0.29) is 32.6 Å². The zero-order valence-corrected chi connectivity index (χ0v) is 17.8. The fourth-order valence-corrected chi connectivity index (χ4v) is 4.87. The molecule has 0 atom stereocenters. The van der Waals surface area contributed by atoms with Gasteiger partial charge in [0.25, 0.3) is 5.91 Å². The molecule has 0 radical (unpaired) electrons. The largest absolute Gasteiger partial charge is 0.339 e. The lowest BCUT2D eigenvalue weighted by atomic mass is 9.70. The molecule has 0 aromatic heterocycles. The monoisotopic (exact) mass is 438 g/mol. The summed E-state index contributed by atoms with van der Waals surface area (Å²) in [5.41, 5.74) is 0.896. The molecule has 0 spiro atoms. The van der Waals surface area contributed by atoms with E-state index >= 15 is 0 Å². The Morgan fingerprint density at radius 3 is 2.48 bits per heavy atom. The Bertz CT molecular complexity index is 1020. The number of hydrogen-bond donors (Lipinski definition) is 1. The minimum absolute atomic E-state index is 0.118. The van der Waals surface area contributed by atoms with E-state index in [4.69, 9.17) is 16.7 Å². The normalized spacial score (nSPS) is 16.6. The lowest BCUT2D eigenvalue weighted by Crippen LogP contribution is -2.45. The van der Waals surface area contributed by atoms with E-state index in [2.05, 4.69) is 6.92 Å². The van der Waals surface area contributed by atoms with Gasteiger partial charge in [0, 0.05) is 13.1 Å². The average molecular weight is 439 g/mol. The van der Waals surface area contributed by atoms with Crippen LogP contribution in [0.4, 0.5) is 4.39 Å². The summed E-state index contributed by atoms with van der Waals surface area (Å²) in [4.78, 5) is 14.5. The van der Waals surface area contributed by atoms with E-state index in [0.717, 1.165) is 18.4 Å². The van der Waals surface area contributed by atoms with Crippen LogP contribution in [0.25, 0.3) is 0 Å². The third-order valence-corrected chi connectivity index (χ3v) is 6.91. The van der Waals surface area contributed by atoms with Crippen molar-refractivity contribution < 1.29 is 17.6 Å². The van der Waals surface area contributed by atoms with Crippen LogP contribution < -0.4 is 5.14 Å². The molecular formula is C21H24ClFN2O3S. The molecule has 1 amide bonds. The Morgan fingerprint density at radius 2 is 1.90 bits per heavy atom. The molecule has 2 aromatic carbocycles. The zero-order chi connectivity index (χ0) is 21.2. The highest BCUT2D eigenvalue weighted by Gasteiger charge is 2.37. The fourth-order valence-electron chi connectivity index (χ4n) is 4.13. The van der Waals surface area contributed by atoms with Crippen molar-refractivity contribution in [2.24, 2.45) is 5.14 Å². The van der Waals surface area contributed by atoms with Gasteiger partial charge >= 0.3 is 0 Å². The molecule has 156 valence electrons. The van der Waals surface area contributed by atoms with E-state index in [1.807, 2.05) is 6.07 Å². The first-order valence-electron chi connectivity index (χ1n) is 9.54. The number of halogens is 2. The van der Waals surface area contributed by atoms with Crippen LogP contribution in [-0.2, 0) is 15.4 Å².